The summed E-state index contributed by atoms with van der Waals surface area (Å²) < 4.78 is 38.2. The molecule has 0 bridgehead atoms. The smallest absolute Gasteiger partial charge is 0.870 e. The minimum atomic E-state index is -4.63. The molecule has 9 nitrogen and oxygen atoms in total. The Morgan fingerprint density at radius 3 is 2.39 bits per heavy atom. The molecule has 0 aliphatic heterocycles. The van der Waals surface area contributed by atoms with Gasteiger partial charge in [0.15, 0.2) is 0 Å². The third kappa shape index (κ3) is 6.13. The maximum Gasteiger partial charge on any atom is 1.00 e. The Hall–Kier alpha value is -2.70. The topological polar surface area (TPSA) is 140 Å². The van der Waals surface area contributed by atoms with Crippen LogP contribution in [0, 0.1) is 6.92 Å². The molecule has 4 aromatic rings. The van der Waals surface area contributed by atoms with Crippen LogP contribution < -0.4 is 44.7 Å². The van der Waals surface area contributed by atoms with Crippen LogP contribution in [0.1, 0.15) is 15.9 Å². The van der Waals surface area contributed by atoms with E-state index in [0.717, 1.165) is 0 Å². The summed E-state index contributed by atoms with van der Waals surface area (Å²) in [6, 6.07) is 15.5. The molecule has 0 unspecified atom stereocenters. The Kier molecular flexibility index (Phi) is 9.43. The number of anilines is 1. The molecule has 0 saturated carbocycles. The molecule has 0 aromatic heterocycles. The second-order valence-electron chi connectivity index (χ2n) is 7.82. The van der Waals surface area contributed by atoms with Crippen LogP contribution in [0.2, 0.25) is 10.0 Å². The van der Waals surface area contributed by atoms with Crippen molar-refractivity contribution in [2.24, 2.45) is 10.2 Å². The number of hydrogen-bond acceptors (Lipinski definition) is 7. The van der Waals surface area contributed by atoms with Gasteiger partial charge in [-0.2, -0.15) is 18.6 Å². The molecule has 0 spiro atoms. The van der Waals surface area contributed by atoms with E-state index in [1.165, 1.54) is 38.3 Å². The van der Waals surface area contributed by atoms with Gasteiger partial charge in [-0.3, -0.25) is 9.35 Å². The number of fused-ring (bicyclic) bond motifs is 1. The fraction of sp³-hybridized carbons (Fsp3) is 0.0800. The van der Waals surface area contributed by atoms with Crippen LogP contribution >= 0.6 is 23.2 Å². The van der Waals surface area contributed by atoms with E-state index in [-0.39, 0.29) is 57.1 Å². The maximum atomic E-state index is 13.4. The first kappa shape index (κ1) is 29.9. The van der Waals surface area contributed by atoms with Crippen LogP contribution in [-0.2, 0) is 10.1 Å². The number of amides is 1. The van der Waals surface area contributed by atoms with Crippen molar-refractivity contribution in [1.82, 2.24) is 0 Å². The number of nitrogens with one attached hydrogen (secondary N) is 1. The summed E-state index contributed by atoms with van der Waals surface area (Å²) in [7, 11) is -3.20. The van der Waals surface area contributed by atoms with Gasteiger partial charge in [-0.1, -0.05) is 53.2 Å². The number of benzene rings is 4. The molecule has 4 aromatic carbocycles. The average molecular weight is 582 g/mol. The van der Waals surface area contributed by atoms with Gasteiger partial charge in [-0.25, -0.2) is 0 Å². The summed E-state index contributed by atoms with van der Waals surface area (Å²) in [6.45, 7) is 1.39. The fourth-order valence-electron chi connectivity index (χ4n) is 3.69. The molecule has 13 heteroatoms. The predicted molar refractivity (Wildman–Crippen MR) is 140 cm³/mol. The van der Waals surface area contributed by atoms with Gasteiger partial charge in [0.05, 0.1) is 28.5 Å². The standard InChI is InChI=1S/C25H19Cl2N3O6S.Na/c1-13-20(10-9-19(27)24(13)37(33,34)35)29-30-22-16-6-4-3-5-14(16)11-17(23(22)31)25(32)28-15-7-8-18(26)21(12-15)36-2;/h3-12,31H,1-2H3,(H,28,32)(H,33,34,35);/q;+1/p-1. The molecule has 2 N–H and O–H groups in total. The second-order valence-corrected chi connectivity index (χ2v) is 9.99. The van der Waals surface area contributed by atoms with Crippen LogP contribution in [0.4, 0.5) is 17.1 Å². The zero-order chi connectivity index (χ0) is 26.9. The van der Waals surface area contributed by atoms with Crippen molar-refractivity contribution in [3.63, 3.8) is 0 Å². The molecular formula is C25H18Cl2N3NaO6S. The minimum Gasteiger partial charge on any atom is -0.870 e. The van der Waals surface area contributed by atoms with Crippen LogP contribution in [0.15, 0.2) is 75.8 Å². The van der Waals surface area contributed by atoms with Gasteiger partial charge >= 0.3 is 29.6 Å². The van der Waals surface area contributed by atoms with Crippen molar-refractivity contribution in [1.29, 1.82) is 0 Å². The van der Waals surface area contributed by atoms with Crippen LogP contribution in [0.5, 0.6) is 11.5 Å². The molecule has 4 rings (SSSR count). The number of halogens is 2. The first-order chi connectivity index (χ1) is 17.5. The monoisotopic (exact) mass is 581 g/mol. The van der Waals surface area contributed by atoms with Gasteiger partial charge in [-0.15, -0.1) is 0 Å². The van der Waals surface area contributed by atoms with E-state index in [1.807, 2.05) is 0 Å². The van der Waals surface area contributed by atoms with Crippen molar-refractivity contribution in [3.8, 4) is 11.5 Å². The van der Waals surface area contributed by atoms with Gasteiger partial charge in [-0.05, 0) is 48.2 Å². The van der Waals surface area contributed by atoms with Gasteiger partial charge in [0, 0.05) is 22.7 Å². The molecule has 38 heavy (non-hydrogen) atoms. The summed E-state index contributed by atoms with van der Waals surface area (Å²) in [4.78, 5) is 12.6. The molecule has 0 aliphatic carbocycles. The molecule has 0 heterocycles. The van der Waals surface area contributed by atoms with E-state index in [1.54, 1.807) is 36.4 Å². The van der Waals surface area contributed by atoms with Gasteiger partial charge < -0.3 is 15.2 Å². The quantitative estimate of drug-likeness (QED) is 0.203. The summed E-state index contributed by atoms with van der Waals surface area (Å²) >= 11 is 12.0. The summed E-state index contributed by atoms with van der Waals surface area (Å²) in [6.07, 6.45) is 0. The van der Waals surface area contributed by atoms with Crippen molar-refractivity contribution in [3.05, 3.63) is 81.8 Å². The van der Waals surface area contributed by atoms with Crippen LogP contribution in [0.25, 0.3) is 10.8 Å². The maximum absolute atomic E-state index is 13.4. The first-order valence-corrected chi connectivity index (χ1v) is 12.8. The molecule has 190 valence electrons. The number of carbonyl (C=O) groups excluding carboxylic acids is 1. The molecule has 0 saturated heterocycles. The van der Waals surface area contributed by atoms with E-state index >= 15 is 0 Å². The number of carbonyl (C=O) groups is 1. The van der Waals surface area contributed by atoms with Crippen molar-refractivity contribution in [2.75, 3.05) is 12.4 Å². The average Bonchev–Trinajstić information content (AvgIpc) is 2.84. The number of ether oxygens (including phenoxy) is 1. The molecule has 0 atom stereocenters. The number of methoxy groups -OCH3 is 1. The van der Waals surface area contributed by atoms with Crippen molar-refractivity contribution >= 4 is 67.1 Å². The zero-order valence-electron chi connectivity index (χ0n) is 20.3. The van der Waals surface area contributed by atoms with Crippen molar-refractivity contribution in [2.45, 2.75) is 11.8 Å². The largest absolute Gasteiger partial charge is 1.00 e. The summed E-state index contributed by atoms with van der Waals surface area (Å²) in [5.74, 6) is -1.03. The Labute approximate surface area is 250 Å². The Balaban J connectivity index is 0.00000400. The number of hydrogen-bond donors (Lipinski definition) is 2. The Morgan fingerprint density at radius 1 is 1.03 bits per heavy atom. The normalized spacial score (nSPS) is 11.4. The molecule has 0 aliphatic rings. The number of nitrogens with zero attached hydrogens (tertiary/aromatic N) is 2. The zero-order valence-corrected chi connectivity index (χ0v) is 24.6. The van der Waals surface area contributed by atoms with E-state index in [0.29, 0.717) is 27.2 Å². The molecule has 0 fully saturated rings. The molecular weight excluding hydrogens is 564 g/mol. The number of rotatable bonds is 6. The molecule has 1 amide bonds. The van der Waals surface area contributed by atoms with Gasteiger partial charge in [0.1, 0.15) is 10.6 Å². The Morgan fingerprint density at radius 2 is 1.71 bits per heavy atom. The van der Waals surface area contributed by atoms with Gasteiger partial charge in [0.25, 0.3) is 16.0 Å². The first-order valence-electron chi connectivity index (χ1n) is 10.6. The van der Waals surface area contributed by atoms with E-state index in [4.69, 9.17) is 27.9 Å². The van der Waals surface area contributed by atoms with Crippen LogP contribution in [0.3, 0.4) is 0 Å². The fourth-order valence-corrected chi connectivity index (χ4v) is 5.19. The van der Waals surface area contributed by atoms with Crippen LogP contribution in [-0.4, -0.2) is 26.0 Å². The SMILES string of the molecule is COc1cc(NC(=O)c2cc3ccccc3c(N=Nc3ccc(Cl)c(S(=O)(=O)O)c3C)c2[O-])ccc1Cl.[Na+]. The molecule has 0 radical (unpaired) electrons. The van der Waals surface area contributed by atoms with Gasteiger partial charge in [0.2, 0.25) is 0 Å². The predicted octanol–water partition coefficient (Wildman–Crippen LogP) is 3.46. The summed E-state index contributed by atoms with van der Waals surface area (Å²) in [5, 5.41) is 25.3. The second kappa shape index (κ2) is 12.0. The van der Waals surface area contributed by atoms with Crippen molar-refractivity contribution < 1.29 is 57.2 Å². The third-order valence-corrected chi connectivity index (χ3v) is 7.26. The third-order valence-electron chi connectivity index (χ3n) is 5.47. The number of azo groups is 1. The Bertz CT molecular complexity index is 1700. The van der Waals surface area contributed by atoms with E-state index in [9.17, 15) is 22.9 Å². The van der Waals surface area contributed by atoms with E-state index in [2.05, 4.69) is 15.5 Å². The minimum absolute atomic E-state index is 0. The summed E-state index contributed by atoms with van der Waals surface area (Å²) in [5.41, 5.74) is 0.147. The van der Waals surface area contributed by atoms with E-state index < -0.39 is 26.7 Å².